The van der Waals surface area contributed by atoms with Crippen molar-refractivity contribution in [2.24, 2.45) is 4.99 Å². The maximum atomic E-state index is 14.1. The van der Waals surface area contributed by atoms with E-state index >= 15 is 0 Å². The van der Waals surface area contributed by atoms with Crippen molar-refractivity contribution in [3.63, 3.8) is 0 Å². The Labute approximate surface area is 263 Å². The third-order valence-corrected chi connectivity index (χ3v) is 7.99. The molecule has 1 aliphatic heterocycles. The molecule has 45 heavy (non-hydrogen) atoms. The lowest BCUT2D eigenvalue weighted by molar-refractivity contribution is -0.136. The predicted molar refractivity (Wildman–Crippen MR) is 168 cm³/mol. The highest BCUT2D eigenvalue weighted by atomic mass is 32.1. The van der Waals surface area contributed by atoms with Crippen LogP contribution in [-0.2, 0) is 16.1 Å². The standard InChI is InChI=1S/C34H31N3O7S/c1-5-42-26-15-14-23(16-28(26)43-6-2)30-25(33(39)41-4)19-36-34-37(30)32(38)29(45-34)17-24-8-7-9-27(40-3)31(24)44-20-22-12-10-21(18-35)11-13-22/h7-17,19,30H,5-6,20H2,1-4H3/b29-17+/t30-/m1/s1. The minimum atomic E-state index is -0.817. The molecule has 3 aromatic carbocycles. The molecule has 1 aliphatic rings. The van der Waals surface area contributed by atoms with E-state index in [-0.39, 0.29) is 17.7 Å². The number of aromatic nitrogens is 1. The van der Waals surface area contributed by atoms with Crippen LogP contribution >= 0.6 is 11.3 Å². The second-order valence-corrected chi connectivity index (χ2v) is 10.7. The molecule has 0 aliphatic carbocycles. The average molecular weight is 626 g/mol. The molecule has 0 spiro atoms. The number of benzene rings is 3. The van der Waals surface area contributed by atoms with Gasteiger partial charge in [0.15, 0.2) is 27.8 Å². The number of esters is 1. The molecule has 2 heterocycles. The number of nitrogens with zero attached hydrogens (tertiary/aromatic N) is 3. The van der Waals surface area contributed by atoms with Crippen LogP contribution in [0.5, 0.6) is 23.0 Å². The Hall–Kier alpha value is -5.34. The van der Waals surface area contributed by atoms with Gasteiger partial charge in [-0.15, -0.1) is 0 Å². The van der Waals surface area contributed by atoms with Crippen molar-refractivity contribution in [2.75, 3.05) is 27.4 Å². The number of methoxy groups -OCH3 is 2. The Kier molecular flexibility index (Phi) is 9.65. The fourth-order valence-corrected chi connectivity index (χ4v) is 5.88. The molecule has 0 unspecified atom stereocenters. The van der Waals surface area contributed by atoms with Gasteiger partial charge in [0.1, 0.15) is 6.61 Å². The van der Waals surface area contributed by atoms with Crippen molar-refractivity contribution in [3.05, 3.63) is 114 Å². The minimum absolute atomic E-state index is 0.205. The summed E-state index contributed by atoms with van der Waals surface area (Å²) in [4.78, 5) is 31.9. The lowest BCUT2D eigenvalue weighted by Crippen LogP contribution is -2.39. The molecule has 0 radical (unpaired) electrons. The average Bonchev–Trinajstić information content (AvgIpc) is 3.38. The number of carbonyl (C=O) groups is 1. The first-order valence-corrected chi connectivity index (χ1v) is 15.0. The van der Waals surface area contributed by atoms with Crippen molar-refractivity contribution >= 4 is 23.4 Å². The second kappa shape index (κ2) is 14.0. The Morgan fingerprint density at radius 2 is 1.76 bits per heavy atom. The predicted octanol–water partition coefficient (Wildman–Crippen LogP) is 4.27. The van der Waals surface area contributed by atoms with E-state index in [1.165, 1.54) is 29.2 Å². The molecule has 5 rings (SSSR count). The minimum Gasteiger partial charge on any atom is -0.493 e. The highest BCUT2D eigenvalue weighted by Crippen LogP contribution is 2.35. The first-order valence-electron chi connectivity index (χ1n) is 14.2. The van der Waals surface area contributed by atoms with Crippen LogP contribution in [-0.4, -0.2) is 38.0 Å². The zero-order valence-corrected chi connectivity index (χ0v) is 26.1. The molecule has 4 aromatic rings. The summed E-state index contributed by atoms with van der Waals surface area (Å²) in [5.74, 6) is 1.41. The molecule has 230 valence electrons. The van der Waals surface area contributed by atoms with E-state index in [2.05, 4.69) is 11.1 Å². The van der Waals surface area contributed by atoms with E-state index in [0.717, 1.165) is 5.56 Å². The Morgan fingerprint density at radius 3 is 2.44 bits per heavy atom. The van der Waals surface area contributed by atoms with Gasteiger partial charge in [0.25, 0.3) is 5.56 Å². The zero-order valence-electron chi connectivity index (χ0n) is 25.2. The van der Waals surface area contributed by atoms with Gasteiger partial charge in [0, 0.05) is 11.8 Å². The smallest absolute Gasteiger partial charge is 0.337 e. The van der Waals surface area contributed by atoms with Crippen LogP contribution in [0.25, 0.3) is 6.08 Å². The fourth-order valence-electron chi connectivity index (χ4n) is 4.92. The van der Waals surface area contributed by atoms with E-state index in [0.29, 0.717) is 62.2 Å². The molecule has 0 saturated carbocycles. The third kappa shape index (κ3) is 6.46. The first kappa shape index (κ1) is 31.1. The number of hydrogen-bond acceptors (Lipinski definition) is 10. The van der Waals surface area contributed by atoms with Crippen LogP contribution in [0.1, 0.15) is 42.1 Å². The quantitative estimate of drug-likeness (QED) is 0.227. The number of hydrogen-bond donors (Lipinski definition) is 0. The van der Waals surface area contributed by atoms with Crippen molar-refractivity contribution in [1.29, 1.82) is 5.26 Å². The lowest BCUT2D eigenvalue weighted by Gasteiger charge is -2.23. The first-order chi connectivity index (χ1) is 21.9. The van der Waals surface area contributed by atoms with Crippen LogP contribution in [0.15, 0.2) is 82.2 Å². The SMILES string of the molecule is CCOc1ccc([C@@H]2C(C(=O)OC)=CN=c3s/c(=C/c4cccc(OC)c4OCc4ccc(C#N)cc4)c(=O)n32)cc1OCC. The summed E-state index contributed by atoms with van der Waals surface area (Å²) < 4.78 is 30.3. The van der Waals surface area contributed by atoms with Crippen molar-refractivity contribution in [1.82, 2.24) is 4.57 Å². The Balaban J connectivity index is 1.60. The largest absolute Gasteiger partial charge is 0.493 e. The van der Waals surface area contributed by atoms with Crippen LogP contribution in [0, 0.1) is 11.3 Å². The highest BCUT2D eigenvalue weighted by molar-refractivity contribution is 7.07. The normalized spacial score (nSPS) is 14.0. The van der Waals surface area contributed by atoms with Gasteiger partial charge in [-0.2, -0.15) is 5.26 Å². The summed E-state index contributed by atoms with van der Waals surface area (Å²) in [7, 11) is 2.83. The number of fused-ring (bicyclic) bond motifs is 1. The van der Waals surface area contributed by atoms with Crippen molar-refractivity contribution in [2.45, 2.75) is 26.5 Å². The summed E-state index contributed by atoms with van der Waals surface area (Å²) in [5.41, 5.74) is 2.54. The Bertz CT molecular complexity index is 1970. The number of ether oxygens (including phenoxy) is 5. The van der Waals surface area contributed by atoms with Crippen LogP contribution in [0.3, 0.4) is 0 Å². The number of rotatable bonds is 11. The summed E-state index contributed by atoms with van der Waals surface area (Å²) in [6.07, 6.45) is 3.17. The van der Waals surface area contributed by atoms with Crippen LogP contribution in [0.2, 0.25) is 0 Å². The third-order valence-electron chi connectivity index (χ3n) is 6.99. The van der Waals surface area contributed by atoms with E-state index in [9.17, 15) is 9.59 Å². The van der Waals surface area contributed by atoms with Gasteiger partial charge in [-0.25, -0.2) is 9.79 Å². The second-order valence-electron chi connectivity index (χ2n) is 9.72. The Morgan fingerprint density at radius 1 is 1.00 bits per heavy atom. The zero-order chi connectivity index (χ0) is 31.9. The summed E-state index contributed by atoms with van der Waals surface area (Å²) in [6, 6.07) is 19.1. The molecular weight excluding hydrogens is 594 g/mol. The molecule has 1 aromatic heterocycles. The van der Waals surface area contributed by atoms with Gasteiger partial charge in [-0.1, -0.05) is 41.7 Å². The van der Waals surface area contributed by atoms with Crippen molar-refractivity contribution < 1.29 is 28.5 Å². The van der Waals surface area contributed by atoms with Gasteiger partial charge in [0.05, 0.1) is 55.2 Å². The van der Waals surface area contributed by atoms with Gasteiger partial charge in [-0.05, 0) is 61.4 Å². The van der Waals surface area contributed by atoms with Gasteiger partial charge < -0.3 is 23.7 Å². The molecule has 0 fully saturated rings. The monoisotopic (exact) mass is 625 g/mol. The van der Waals surface area contributed by atoms with Crippen LogP contribution < -0.4 is 33.8 Å². The number of thiazole rings is 1. The molecule has 0 bridgehead atoms. The maximum Gasteiger partial charge on any atom is 0.337 e. The van der Waals surface area contributed by atoms with Crippen LogP contribution in [0.4, 0.5) is 0 Å². The fraction of sp³-hybridized carbons (Fsp3) is 0.235. The van der Waals surface area contributed by atoms with Gasteiger partial charge >= 0.3 is 5.97 Å². The maximum absolute atomic E-state index is 14.1. The molecular formula is C34H31N3O7S. The van der Waals surface area contributed by atoms with E-state index in [4.69, 9.17) is 28.9 Å². The highest BCUT2D eigenvalue weighted by Gasteiger charge is 2.31. The number of nitriles is 1. The van der Waals surface area contributed by atoms with E-state index < -0.39 is 12.0 Å². The molecule has 1 atom stereocenters. The molecule has 10 nitrogen and oxygen atoms in total. The molecule has 0 saturated heterocycles. The number of para-hydroxylation sites is 1. The molecule has 0 N–H and O–H groups in total. The summed E-state index contributed by atoms with van der Waals surface area (Å²) in [5, 5.41) is 9.09. The van der Waals surface area contributed by atoms with Crippen molar-refractivity contribution in [3.8, 4) is 29.1 Å². The molecule has 11 heteroatoms. The van der Waals surface area contributed by atoms with Gasteiger partial charge in [-0.3, -0.25) is 9.36 Å². The molecule has 0 amide bonds. The summed E-state index contributed by atoms with van der Waals surface area (Å²) in [6.45, 7) is 4.82. The van der Waals surface area contributed by atoms with E-state index in [1.54, 1.807) is 49.6 Å². The van der Waals surface area contributed by atoms with E-state index in [1.807, 2.05) is 38.1 Å². The lowest BCUT2D eigenvalue weighted by atomic mass is 9.97. The number of carbonyl (C=O) groups excluding carboxylic acids is 1. The summed E-state index contributed by atoms with van der Waals surface area (Å²) >= 11 is 1.19. The van der Waals surface area contributed by atoms with Gasteiger partial charge in [0.2, 0.25) is 0 Å². The topological polar surface area (TPSA) is 121 Å².